The van der Waals surface area contributed by atoms with Crippen molar-refractivity contribution in [1.82, 2.24) is 24.4 Å². The van der Waals surface area contributed by atoms with Crippen LogP contribution in [0.5, 0.6) is 0 Å². The zero-order valence-corrected chi connectivity index (χ0v) is 21.1. The first-order valence-electron chi connectivity index (χ1n) is 12.3. The molecule has 7 nitrogen and oxygen atoms in total. The molecule has 2 saturated carbocycles. The zero-order chi connectivity index (χ0) is 21.6. The molecule has 171 valence electrons. The van der Waals surface area contributed by atoms with E-state index in [9.17, 15) is 0 Å². The van der Waals surface area contributed by atoms with Crippen LogP contribution in [0, 0.1) is 0 Å². The molecule has 0 spiro atoms. The van der Waals surface area contributed by atoms with E-state index in [1.165, 1.54) is 48.3 Å². The number of aromatic nitrogens is 4. The van der Waals surface area contributed by atoms with E-state index >= 15 is 0 Å². The normalized spacial score (nSPS) is 23.0. The number of nitrogens with zero attached hydrogens (tertiary/aromatic N) is 5. The van der Waals surface area contributed by atoms with Gasteiger partial charge in [0.2, 0.25) is 0 Å². The maximum atomic E-state index is 6.10. The third kappa shape index (κ3) is 5.80. The van der Waals surface area contributed by atoms with Crippen molar-refractivity contribution in [2.24, 2.45) is 5.73 Å². The van der Waals surface area contributed by atoms with Crippen LogP contribution in [0.3, 0.4) is 0 Å². The van der Waals surface area contributed by atoms with Gasteiger partial charge < -0.3 is 0 Å². The monoisotopic (exact) mass is 488 g/mol. The third-order valence-electron chi connectivity index (χ3n) is 7.01. The van der Waals surface area contributed by atoms with Crippen molar-refractivity contribution in [3.8, 4) is 0 Å². The first-order chi connectivity index (χ1) is 15.2. The number of nitrogens with one attached hydrogen (secondary N) is 1. The number of anilines is 1. The van der Waals surface area contributed by atoms with Gasteiger partial charge >= 0.3 is 194 Å². The summed E-state index contributed by atoms with van der Waals surface area (Å²) in [6.45, 7) is 7.94. The number of fused-ring (bicyclic) bond motifs is 1. The number of nitrogens with two attached hydrogens (primary N) is 1. The minimum atomic E-state index is -0.0112. The SMILES string of the molecule is CCN(CC)CCC[As]c1nc(NC2CCC(N)CC2)nc2c1ncn2C1CCCC1. The molecule has 0 aliphatic heterocycles. The van der Waals surface area contributed by atoms with Crippen LogP contribution in [-0.4, -0.2) is 71.9 Å². The summed E-state index contributed by atoms with van der Waals surface area (Å²) in [5.41, 5.74) is 8.20. The van der Waals surface area contributed by atoms with Gasteiger partial charge in [-0.15, -0.1) is 0 Å². The zero-order valence-electron chi connectivity index (χ0n) is 19.3. The van der Waals surface area contributed by atoms with Gasteiger partial charge in [0.25, 0.3) is 0 Å². The summed E-state index contributed by atoms with van der Waals surface area (Å²) < 4.78 is 3.54. The van der Waals surface area contributed by atoms with E-state index < -0.39 is 0 Å². The number of hydrogen-bond acceptors (Lipinski definition) is 6. The topological polar surface area (TPSA) is 84.9 Å². The van der Waals surface area contributed by atoms with Crippen molar-refractivity contribution >= 4 is 37.3 Å². The average Bonchev–Trinajstić information content (AvgIpc) is 3.45. The van der Waals surface area contributed by atoms with Gasteiger partial charge in [0.15, 0.2) is 0 Å². The Morgan fingerprint density at radius 1 is 1.10 bits per heavy atom. The molecule has 31 heavy (non-hydrogen) atoms. The second kappa shape index (κ2) is 11.1. The Balaban J connectivity index is 1.52. The molecule has 0 unspecified atom stereocenters. The van der Waals surface area contributed by atoms with Crippen molar-refractivity contribution in [2.45, 2.75) is 95.0 Å². The van der Waals surface area contributed by atoms with Crippen molar-refractivity contribution < 1.29 is 0 Å². The molecule has 2 fully saturated rings. The quantitative estimate of drug-likeness (QED) is 0.395. The third-order valence-corrected chi connectivity index (χ3v) is 9.43. The Morgan fingerprint density at radius 2 is 1.84 bits per heavy atom. The van der Waals surface area contributed by atoms with Gasteiger partial charge in [-0.25, -0.2) is 0 Å². The number of imidazole rings is 1. The van der Waals surface area contributed by atoms with Crippen molar-refractivity contribution in [3.05, 3.63) is 6.33 Å². The Bertz CT molecular complexity index is 821. The van der Waals surface area contributed by atoms with Crippen molar-refractivity contribution in [1.29, 1.82) is 0 Å². The van der Waals surface area contributed by atoms with Gasteiger partial charge in [-0.1, -0.05) is 0 Å². The fraction of sp³-hybridized carbons (Fsp3) is 0.783. The molecule has 2 heterocycles. The summed E-state index contributed by atoms with van der Waals surface area (Å²) in [6.07, 6.45) is 12.8. The van der Waals surface area contributed by atoms with E-state index in [2.05, 4.69) is 28.6 Å². The van der Waals surface area contributed by atoms with Crippen LogP contribution in [-0.2, 0) is 0 Å². The average molecular weight is 489 g/mol. The first-order valence-corrected chi connectivity index (χ1v) is 14.6. The molecule has 1 radical (unpaired) electrons. The molecular weight excluding hydrogens is 449 g/mol. The van der Waals surface area contributed by atoms with Crippen LogP contribution in [0.15, 0.2) is 6.33 Å². The van der Waals surface area contributed by atoms with Crippen LogP contribution in [0.1, 0.15) is 77.7 Å². The molecule has 2 aromatic rings. The maximum absolute atomic E-state index is 6.10. The van der Waals surface area contributed by atoms with Crippen LogP contribution < -0.4 is 15.5 Å². The van der Waals surface area contributed by atoms with Gasteiger partial charge in [0.1, 0.15) is 0 Å². The Hall–Kier alpha value is -1.17. The van der Waals surface area contributed by atoms with Crippen molar-refractivity contribution in [2.75, 3.05) is 25.0 Å². The Morgan fingerprint density at radius 3 is 2.55 bits per heavy atom. The fourth-order valence-corrected chi connectivity index (χ4v) is 7.06. The molecule has 2 aromatic heterocycles. The molecule has 0 bridgehead atoms. The van der Waals surface area contributed by atoms with Gasteiger partial charge in [-0.05, 0) is 0 Å². The predicted octanol–water partition coefficient (Wildman–Crippen LogP) is 3.10. The summed E-state index contributed by atoms with van der Waals surface area (Å²) in [6, 6.07) is 1.34. The standard InChI is InChI=1S/C23H39AsN7/c1-3-30(4-2)15-7-14-24-21-20-22(31(16-26-20)19-8-5-6-9-19)29-23(28-21)27-18-12-10-17(25)11-13-18/h16-19H,3-15,25H2,1-2H3,(H,27,28,29). The number of hydrogen-bond donors (Lipinski definition) is 2. The van der Waals surface area contributed by atoms with Gasteiger partial charge in [-0.2, -0.15) is 0 Å². The second-order valence-corrected chi connectivity index (χ2v) is 11.6. The van der Waals surface area contributed by atoms with Crippen molar-refractivity contribution in [3.63, 3.8) is 0 Å². The van der Waals surface area contributed by atoms with Crippen LogP contribution in [0.25, 0.3) is 11.2 Å². The molecule has 4 rings (SSSR count). The molecule has 0 saturated heterocycles. The second-order valence-electron chi connectivity index (χ2n) is 9.15. The molecule has 2 aliphatic rings. The van der Waals surface area contributed by atoms with Gasteiger partial charge in [-0.3, -0.25) is 0 Å². The molecule has 0 aromatic carbocycles. The number of rotatable bonds is 10. The van der Waals surface area contributed by atoms with Crippen LogP contribution in [0.2, 0.25) is 5.21 Å². The fourth-order valence-electron chi connectivity index (χ4n) is 4.99. The van der Waals surface area contributed by atoms with Crippen LogP contribution >= 0.6 is 0 Å². The van der Waals surface area contributed by atoms with Gasteiger partial charge in [0, 0.05) is 0 Å². The van der Waals surface area contributed by atoms with E-state index in [-0.39, 0.29) is 15.8 Å². The van der Waals surface area contributed by atoms with Gasteiger partial charge in [0.05, 0.1) is 0 Å². The van der Waals surface area contributed by atoms with E-state index in [0.717, 1.165) is 55.9 Å². The molecule has 2 aliphatic carbocycles. The molecular formula is C23H39AsN7. The van der Waals surface area contributed by atoms with E-state index in [0.29, 0.717) is 18.1 Å². The predicted molar refractivity (Wildman–Crippen MR) is 129 cm³/mol. The summed E-state index contributed by atoms with van der Waals surface area (Å²) in [5.74, 6) is 0.807. The molecule has 3 N–H and O–H groups in total. The van der Waals surface area contributed by atoms with E-state index in [4.69, 9.17) is 20.7 Å². The van der Waals surface area contributed by atoms with E-state index in [1.54, 1.807) is 0 Å². The molecule has 0 amide bonds. The molecule has 8 heteroatoms. The summed E-state index contributed by atoms with van der Waals surface area (Å²) in [7, 11) is 0. The minimum absolute atomic E-state index is 0.0112. The Labute approximate surface area is 193 Å². The summed E-state index contributed by atoms with van der Waals surface area (Å²) in [4.78, 5) is 17.3. The summed E-state index contributed by atoms with van der Waals surface area (Å²) in [5, 5.41) is 4.89. The molecule has 0 atom stereocenters. The van der Waals surface area contributed by atoms with Crippen LogP contribution in [0.4, 0.5) is 5.95 Å². The first kappa shape index (κ1) is 23.0. The van der Waals surface area contributed by atoms with E-state index in [1.807, 2.05) is 6.33 Å². The summed E-state index contributed by atoms with van der Waals surface area (Å²) >= 11 is -0.0112. The Kier molecular flexibility index (Phi) is 8.24.